The maximum Gasteiger partial charge on any atom is 0.242 e. The van der Waals surface area contributed by atoms with Gasteiger partial charge in [-0.05, 0) is 31.4 Å². The van der Waals surface area contributed by atoms with Crippen molar-refractivity contribution in [3.8, 4) is 0 Å². The quantitative estimate of drug-likeness (QED) is 0.532. The zero-order valence-electron chi connectivity index (χ0n) is 17.2. The maximum atomic E-state index is 12.9. The Morgan fingerprint density at radius 1 is 1.14 bits per heavy atom. The Morgan fingerprint density at radius 2 is 1.83 bits per heavy atom. The lowest BCUT2D eigenvalue weighted by Gasteiger charge is -2.27. The Morgan fingerprint density at radius 3 is 2.52 bits per heavy atom. The van der Waals surface area contributed by atoms with E-state index in [4.69, 9.17) is 10.5 Å². The van der Waals surface area contributed by atoms with Crippen LogP contribution in [-0.4, -0.2) is 67.7 Å². The number of carbonyl (C=O) groups is 2. The molecule has 1 aromatic rings. The molecule has 2 amide bonds. The standard InChI is InChI=1S/C22H34N4O3/c23-22(9-4-5-10-22)21(28)25-19(17-18-7-2-1-3-8-18)20(27)24-11-6-12-26-13-15-29-16-14-26/h1-3,7-8,19H,4-6,9-17,23H2,(H,24,27)(H,25,28). The van der Waals surface area contributed by atoms with Gasteiger partial charge in [-0.3, -0.25) is 14.5 Å². The minimum atomic E-state index is -0.842. The van der Waals surface area contributed by atoms with Gasteiger partial charge in [-0.25, -0.2) is 0 Å². The molecule has 0 bridgehead atoms. The van der Waals surface area contributed by atoms with Crippen molar-refractivity contribution in [2.24, 2.45) is 5.73 Å². The molecule has 7 nitrogen and oxygen atoms in total. The van der Waals surface area contributed by atoms with E-state index in [1.807, 2.05) is 30.3 Å². The van der Waals surface area contributed by atoms with Crippen LogP contribution in [0.1, 0.15) is 37.7 Å². The van der Waals surface area contributed by atoms with E-state index in [9.17, 15) is 9.59 Å². The van der Waals surface area contributed by atoms with Gasteiger partial charge in [0.05, 0.1) is 18.8 Å². The molecule has 0 aromatic heterocycles. The zero-order valence-corrected chi connectivity index (χ0v) is 17.2. The number of amides is 2. The van der Waals surface area contributed by atoms with E-state index in [1.54, 1.807) is 0 Å². The normalized spacial score (nSPS) is 20.2. The van der Waals surface area contributed by atoms with E-state index in [1.165, 1.54) is 0 Å². The molecule has 2 aliphatic rings. The molecule has 3 rings (SSSR count). The molecule has 4 N–H and O–H groups in total. The summed E-state index contributed by atoms with van der Waals surface area (Å²) >= 11 is 0. The van der Waals surface area contributed by atoms with Gasteiger partial charge in [-0.15, -0.1) is 0 Å². The highest BCUT2D eigenvalue weighted by atomic mass is 16.5. The number of ether oxygens (including phenoxy) is 1. The van der Waals surface area contributed by atoms with Gasteiger partial charge in [0.25, 0.3) is 0 Å². The van der Waals surface area contributed by atoms with Crippen molar-refractivity contribution in [3.63, 3.8) is 0 Å². The first kappa shape index (κ1) is 21.7. The molecular weight excluding hydrogens is 368 g/mol. The number of nitrogens with one attached hydrogen (secondary N) is 2. The summed E-state index contributed by atoms with van der Waals surface area (Å²) < 4.78 is 5.36. The summed E-state index contributed by atoms with van der Waals surface area (Å²) in [5, 5.41) is 5.93. The van der Waals surface area contributed by atoms with E-state index >= 15 is 0 Å². The SMILES string of the molecule is NC1(C(=O)NC(Cc2ccccc2)C(=O)NCCCN2CCOCC2)CCCC1. The number of nitrogens with two attached hydrogens (primary N) is 1. The molecule has 1 saturated heterocycles. The van der Waals surface area contributed by atoms with E-state index < -0.39 is 11.6 Å². The van der Waals surface area contributed by atoms with Crippen LogP contribution in [0.15, 0.2) is 30.3 Å². The summed E-state index contributed by atoms with van der Waals surface area (Å²) in [6.45, 7) is 4.96. The Labute approximate surface area is 173 Å². The lowest BCUT2D eigenvalue weighted by atomic mass is 9.96. The fourth-order valence-electron chi connectivity index (χ4n) is 4.06. The molecule has 2 fully saturated rings. The minimum Gasteiger partial charge on any atom is -0.379 e. The second-order valence-electron chi connectivity index (χ2n) is 8.18. The topological polar surface area (TPSA) is 96.7 Å². The number of hydrogen-bond acceptors (Lipinski definition) is 5. The summed E-state index contributed by atoms with van der Waals surface area (Å²) in [6.07, 6.45) is 4.61. The Kier molecular flexibility index (Phi) is 8.03. The smallest absolute Gasteiger partial charge is 0.242 e. The fraction of sp³-hybridized carbons (Fsp3) is 0.636. The van der Waals surface area contributed by atoms with E-state index in [0.717, 1.165) is 57.7 Å². The largest absolute Gasteiger partial charge is 0.379 e. The van der Waals surface area contributed by atoms with Gasteiger partial charge in [-0.2, -0.15) is 0 Å². The Bertz CT molecular complexity index is 655. The third-order valence-electron chi connectivity index (χ3n) is 5.91. The average molecular weight is 403 g/mol. The van der Waals surface area contributed by atoms with Crippen LogP contribution in [-0.2, 0) is 20.7 Å². The maximum absolute atomic E-state index is 12.9. The lowest BCUT2D eigenvalue weighted by molar-refractivity contribution is -0.131. The summed E-state index contributed by atoms with van der Waals surface area (Å²) in [5.74, 6) is -0.356. The monoisotopic (exact) mass is 402 g/mol. The second-order valence-corrected chi connectivity index (χ2v) is 8.18. The first-order valence-corrected chi connectivity index (χ1v) is 10.8. The molecule has 1 saturated carbocycles. The molecule has 1 aliphatic carbocycles. The van der Waals surface area contributed by atoms with Gasteiger partial charge in [0, 0.05) is 26.1 Å². The third-order valence-corrected chi connectivity index (χ3v) is 5.91. The zero-order chi connectivity index (χ0) is 20.5. The van der Waals surface area contributed by atoms with Gasteiger partial charge in [0.15, 0.2) is 0 Å². The van der Waals surface area contributed by atoms with Gasteiger partial charge < -0.3 is 21.1 Å². The van der Waals surface area contributed by atoms with Crippen molar-refractivity contribution in [2.45, 2.75) is 50.1 Å². The van der Waals surface area contributed by atoms with Crippen LogP contribution in [0.5, 0.6) is 0 Å². The van der Waals surface area contributed by atoms with Gasteiger partial charge in [-0.1, -0.05) is 43.2 Å². The van der Waals surface area contributed by atoms with Crippen LogP contribution < -0.4 is 16.4 Å². The molecule has 0 radical (unpaired) electrons. The molecule has 1 aliphatic heterocycles. The van der Waals surface area contributed by atoms with Crippen LogP contribution >= 0.6 is 0 Å². The first-order valence-electron chi connectivity index (χ1n) is 10.8. The second kappa shape index (κ2) is 10.7. The number of benzene rings is 1. The molecule has 160 valence electrons. The first-order chi connectivity index (χ1) is 14.1. The predicted molar refractivity (Wildman–Crippen MR) is 112 cm³/mol. The van der Waals surface area contributed by atoms with Crippen LogP contribution in [0.3, 0.4) is 0 Å². The summed E-state index contributed by atoms with van der Waals surface area (Å²) in [6, 6.07) is 9.15. The van der Waals surface area contributed by atoms with Crippen molar-refractivity contribution >= 4 is 11.8 Å². The van der Waals surface area contributed by atoms with Crippen molar-refractivity contribution in [3.05, 3.63) is 35.9 Å². The molecule has 29 heavy (non-hydrogen) atoms. The summed E-state index contributed by atoms with van der Waals surface area (Å²) in [5.41, 5.74) is 6.46. The molecule has 1 atom stereocenters. The highest BCUT2D eigenvalue weighted by molar-refractivity contribution is 5.92. The molecular formula is C22H34N4O3. The number of hydrogen-bond donors (Lipinski definition) is 3. The van der Waals surface area contributed by atoms with E-state index in [2.05, 4.69) is 15.5 Å². The Balaban J connectivity index is 1.53. The van der Waals surface area contributed by atoms with Crippen LogP contribution in [0.4, 0.5) is 0 Å². The van der Waals surface area contributed by atoms with Gasteiger partial charge in [0.1, 0.15) is 6.04 Å². The van der Waals surface area contributed by atoms with Crippen molar-refractivity contribution in [1.29, 1.82) is 0 Å². The summed E-state index contributed by atoms with van der Waals surface area (Å²) in [7, 11) is 0. The number of rotatable bonds is 9. The van der Waals surface area contributed by atoms with Crippen molar-refractivity contribution in [1.82, 2.24) is 15.5 Å². The number of nitrogens with zero attached hydrogens (tertiary/aromatic N) is 1. The van der Waals surface area contributed by atoms with Crippen molar-refractivity contribution in [2.75, 3.05) is 39.4 Å². The minimum absolute atomic E-state index is 0.147. The molecule has 1 aromatic carbocycles. The lowest BCUT2D eigenvalue weighted by Crippen LogP contribution is -2.58. The van der Waals surface area contributed by atoms with Crippen LogP contribution in [0.2, 0.25) is 0 Å². The number of carbonyl (C=O) groups excluding carboxylic acids is 2. The molecule has 1 heterocycles. The van der Waals surface area contributed by atoms with Crippen molar-refractivity contribution < 1.29 is 14.3 Å². The molecule has 1 unspecified atom stereocenters. The number of morpholine rings is 1. The molecule has 0 spiro atoms. The average Bonchev–Trinajstić information content (AvgIpc) is 3.20. The van der Waals surface area contributed by atoms with Crippen LogP contribution in [0.25, 0.3) is 0 Å². The van der Waals surface area contributed by atoms with E-state index in [0.29, 0.717) is 25.8 Å². The van der Waals surface area contributed by atoms with Gasteiger partial charge in [0.2, 0.25) is 11.8 Å². The van der Waals surface area contributed by atoms with Gasteiger partial charge >= 0.3 is 0 Å². The third kappa shape index (κ3) is 6.52. The highest BCUT2D eigenvalue weighted by Gasteiger charge is 2.38. The van der Waals surface area contributed by atoms with E-state index in [-0.39, 0.29) is 11.8 Å². The Hall–Kier alpha value is -1.96. The van der Waals surface area contributed by atoms with Crippen LogP contribution in [0, 0.1) is 0 Å². The molecule has 7 heteroatoms. The highest BCUT2D eigenvalue weighted by Crippen LogP contribution is 2.27. The summed E-state index contributed by atoms with van der Waals surface area (Å²) in [4.78, 5) is 28.0. The predicted octanol–water partition coefficient (Wildman–Crippen LogP) is 0.824. The fourth-order valence-corrected chi connectivity index (χ4v) is 4.06.